The lowest BCUT2D eigenvalue weighted by molar-refractivity contribution is -0.662. The van der Waals surface area contributed by atoms with E-state index in [1.165, 1.54) is 38.3 Å². The van der Waals surface area contributed by atoms with Crippen molar-refractivity contribution in [1.29, 1.82) is 0 Å². The Kier molecular flexibility index (Phi) is 3.50. The predicted molar refractivity (Wildman–Crippen MR) is 118 cm³/mol. The molecular weight excluding hydrogens is 360 g/mol. The van der Waals surface area contributed by atoms with Gasteiger partial charge in [0.05, 0.1) is 20.7 Å². The number of hydrogen-bond donors (Lipinski definition) is 0. The van der Waals surface area contributed by atoms with Crippen LogP contribution in [0.15, 0.2) is 42.7 Å². The van der Waals surface area contributed by atoms with Gasteiger partial charge in [-0.3, -0.25) is 0 Å². The number of rotatable bonds is 1. The van der Waals surface area contributed by atoms with Crippen LogP contribution >= 0.6 is 0 Å². The standard InChI is InChI=1S/C24H25N2OSi/c1-14-8-7-9-17-15(2)22-21(12-18(14)17)27-20-11-16(28(4,5)6)10-19-23(20)24(22)26(3)13-25-19/h7-13H,1-6H3/q+1. The van der Waals surface area contributed by atoms with E-state index in [1.54, 1.807) is 0 Å². The maximum atomic E-state index is 6.55. The molecule has 3 aromatic carbocycles. The minimum Gasteiger partial charge on any atom is -0.456 e. The summed E-state index contributed by atoms with van der Waals surface area (Å²) >= 11 is 0. The number of nitrogens with zero attached hydrogens (tertiary/aromatic N) is 2. The molecule has 0 aliphatic carbocycles. The number of fused-ring (bicyclic) bond motifs is 3. The van der Waals surface area contributed by atoms with Crippen molar-refractivity contribution in [3.63, 3.8) is 0 Å². The summed E-state index contributed by atoms with van der Waals surface area (Å²) in [5, 5.41) is 5.04. The summed E-state index contributed by atoms with van der Waals surface area (Å²) in [5.74, 6) is 1.89. The number of ether oxygens (including phenoxy) is 1. The number of hydrogen-bond acceptors (Lipinski definition) is 2. The van der Waals surface area contributed by atoms with Crippen LogP contribution in [0.3, 0.4) is 0 Å². The van der Waals surface area contributed by atoms with Crippen molar-refractivity contribution < 1.29 is 9.30 Å². The average Bonchev–Trinajstić information content (AvgIpc) is 2.64. The first-order valence-electron chi connectivity index (χ1n) is 9.80. The second-order valence-corrected chi connectivity index (χ2v) is 14.0. The summed E-state index contributed by atoms with van der Waals surface area (Å²) in [5.41, 5.74) is 5.94. The lowest BCUT2D eigenvalue weighted by Crippen LogP contribution is -2.38. The summed E-state index contributed by atoms with van der Waals surface area (Å²) in [6.07, 6.45) is 1.93. The summed E-state index contributed by atoms with van der Waals surface area (Å²) < 4.78 is 8.69. The second kappa shape index (κ2) is 5.64. The molecule has 4 aromatic rings. The molecule has 0 amide bonds. The Morgan fingerprint density at radius 2 is 1.75 bits per heavy atom. The van der Waals surface area contributed by atoms with Gasteiger partial charge >= 0.3 is 0 Å². The molecule has 0 fully saturated rings. The maximum Gasteiger partial charge on any atom is 0.287 e. The van der Waals surface area contributed by atoms with Gasteiger partial charge in [0.1, 0.15) is 16.9 Å². The lowest BCUT2D eigenvalue weighted by atomic mass is 9.91. The van der Waals surface area contributed by atoms with Gasteiger partial charge in [-0.2, -0.15) is 0 Å². The quantitative estimate of drug-likeness (QED) is 0.295. The van der Waals surface area contributed by atoms with Crippen LogP contribution in [-0.2, 0) is 7.05 Å². The first-order chi connectivity index (χ1) is 13.3. The van der Waals surface area contributed by atoms with Crippen LogP contribution in [0.1, 0.15) is 11.1 Å². The van der Waals surface area contributed by atoms with Crippen molar-refractivity contribution in [3.05, 3.63) is 53.9 Å². The Hall–Kier alpha value is -2.72. The molecule has 140 valence electrons. The smallest absolute Gasteiger partial charge is 0.287 e. The normalized spacial score (nSPS) is 12.9. The monoisotopic (exact) mass is 385 g/mol. The van der Waals surface area contributed by atoms with E-state index >= 15 is 0 Å². The Bertz CT molecular complexity index is 1300. The van der Waals surface area contributed by atoms with E-state index in [0.717, 1.165) is 22.4 Å². The van der Waals surface area contributed by atoms with Gasteiger partial charge < -0.3 is 4.74 Å². The van der Waals surface area contributed by atoms with E-state index in [4.69, 9.17) is 9.72 Å². The van der Waals surface area contributed by atoms with Gasteiger partial charge in [-0.25, -0.2) is 4.57 Å². The first kappa shape index (κ1) is 17.4. The van der Waals surface area contributed by atoms with Crippen molar-refractivity contribution in [2.24, 2.45) is 7.05 Å². The van der Waals surface area contributed by atoms with Gasteiger partial charge in [0.15, 0.2) is 11.2 Å². The molecule has 1 aliphatic rings. The van der Waals surface area contributed by atoms with Crippen LogP contribution in [0.25, 0.3) is 32.9 Å². The van der Waals surface area contributed by atoms with Gasteiger partial charge in [0.2, 0.25) is 0 Å². The van der Waals surface area contributed by atoms with E-state index in [0.29, 0.717) is 0 Å². The summed E-state index contributed by atoms with van der Waals surface area (Å²) in [6.45, 7) is 11.5. The fraction of sp³-hybridized carbons (Fsp3) is 0.250. The third kappa shape index (κ3) is 2.34. The number of aromatic nitrogens is 2. The maximum absolute atomic E-state index is 6.55. The first-order valence-corrected chi connectivity index (χ1v) is 13.3. The molecule has 0 saturated carbocycles. The zero-order valence-electron chi connectivity index (χ0n) is 17.3. The van der Waals surface area contributed by atoms with Gasteiger partial charge in [-0.1, -0.05) is 43.0 Å². The Morgan fingerprint density at radius 1 is 0.964 bits per heavy atom. The third-order valence-corrected chi connectivity index (χ3v) is 8.01. The SMILES string of the molecule is Cc1cccc2c(C)c3c(cc12)Oc1cc([Si](C)(C)C)cc2nc[n+](C)c-3c12. The molecule has 4 heteroatoms. The highest BCUT2D eigenvalue weighted by molar-refractivity contribution is 6.88. The van der Waals surface area contributed by atoms with Crippen molar-refractivity contribution in [1.82, 2.24) is 4.98 Å². The molecule has 0 spiro atoms. The zero-order valence-corrected chi connectivity index (χ0v) is 18.3. The minimum atomic E-state index is -1.49. The lowest BCUT2D eigenvalue weighted by Gasteiger charge is -2.25. The van der Waals surface area contributed by atoms with E-state index in [9.17, 15) is 0 Å². The number of benzene rings is 3. The number of aryl methyl sites for hydroxylation is 3. The van der Waals surface area contributed by atoms with E-state index < -0.39 is 8.07 Å². The molecule has 0 N–H and O–H groups in total. The zero-order chi connectivity index (χ0) is 19.8. The van der Waals surface area contributed by atoms with Crippen LogP contribution in [0, 0.1) is 13.8 Å². The van der Waals surface area contributed by atoms with Crippen LogP contribution < -0.4 is 14.5 Å². The fourth-order valence-corrected chi connectivity index (χ4v) is 5.49. The van der Waals surface area contributed by atoms with Gasteiger partial charge in [-0.15, -0.1) is 0 Å². The molecule has 5 rings (SSSR count). The van der Waals surface area contributed by atoms with Crippen molar-refractivity contribution in [3.8, 4) is 22.8 Å². The summed E-state index contributed by atoms with van der Waals surface area (Å²) in [4.78, 5) is 4.74. The second-order valence-electron chi connectivity index (χ2n) is 8.97. The van der Waals surface area contributed by atoms with E-state index in [-0.39, 0.29) is 0 Å². The van der Waals surface area contributed by atoms with Crippen LogP contribution in [0.5, 0.6) is 11.5 Å². The van der Waals surface area contributed by atoms with Crippen molar-refractivity contribution in [2.75, 3.05) is 0 Å². The summed E-state index contributed by atoms with van der Waals surface area (Å²) in [7, 11) is 0.589. The fourth-order valence-electron chi connectivity index (χ4n) is 4.35. The highest BCUT2D eigenvalue weighted by Crippen LogP contribution is 2.47. The highest BCUT2D eigenvalue weighted by Gasteiger charge is 2.31. The molecule has 0 radical (unpaired) electrons. The molecule has 0 saturated heterocycles. The molecule has 2 heterocycles. The van der Waals surface area contributed by atoms with Crippen LogP contribution in [-0.4, -0.2) is 13.1 Å². The Balaban J connectivity index is 1.94. The van der Waals surface area contributed by atoms with Crippen molar-refractivity contribution >= 4 is 34.9 Å². The summed E-state index contributed by atoms with van der Waals surface area (Å²) in [6, 6.07) is 13.2. The van der Waals surface area contributed by atoms with Crippen LogP contribution in [0.4, 0.5) is 0 Å². The predicted octanol–water partition coefficient (Wildman–Crippen LogP) is 5.15. The average molecular weight is 386 g/mol. The van der Waals surface area contributed by atoms with Gasteiger partial charge in [-0.05, 0) is 58.9 Å². The highest BCUT2D eigenvalue weighted by atomic mass is 28.3. The van der Waals surface area contributed by atoms with Gasteiger partial charge in [0, 0.05) is 0 Å². The van der Waals surface area contributed by atoms with Crippen LogP contribution in [0.2, 0.25) is 19.6 Å². The van der Waals surface area contributed by atoms with E-state index in [1.807, 2.05) is 6.33 Å². The molecule has 0 bridgehead atoms. The Morgan fingerprint density at radius 3 is 2.50 bits per heavy atom. The third-order valence-electron chi connectivity index (χ3n) is 5.99. The molecule has 0 atom stereocenters. The van der Waals surface area contributed by atoms with Crippen molar-refractivity contribution in [2.45, 2.75) is 33.5 Å². The molecule has 28 heavy (non-hydrogen) atoms. The molecule has 0 unspecified atom stereocenters. The van der Waals surface area contributed by atoms with E-state index in [2.05, 4.69) is 81.5 Å². The topological polar surface area (TPSA) is 26.0 Å². The molecule has 1 aromatic heterocycles. The molecule has 1 aliphatic heterocycles. The molecule has 3 nitrogen and oxygen atoms in total. The largest absolute Gasteiger partial charge is 0.456 e. The van der Waals surface area contributed by atoms with Gasteiger partial charge in [0.25, 0.3) is 6.33 Å². The minimum absolute atomic E-state index is 0.938. The molecular formula is C24H25N2OSi+. The Labute approximate surface area is 166 Å².